The molecular formula is C13H15FN2O2S. The second-order valence-corrected chi connectivity index (χ2v) is 5.26. The van der Waals surface area contributed by atoms with Gasteiger partial charge in [-0.15, -0.1) is 0 Å². The van der Waals surface area contributed by atoms with Gasteiger partial charge in [0.2, 0.25) is 0 Å². The summed E-state index contributed by atoms with van der Waals surface area (Å²) in [6, 6.07) is 3.17. The summed E-state index contributed by atoms with van der Waals surface area (Å²) in [7, 11) is 0. The maximum absolute atomic E-state index is 13.5. The maximum Gasteiger partial charge on any atom is 0.313 e. The Kier molecular flexibility index (Phi) is 4.09. The Bertz CT molecular complexity index is 625. The van der Waals surface area contributed by atoms with Gasteiger partial charge in [-0.2, -0.15) is 0 Å². The smallest absolute Gasteiger partial charge is 0.313 e. The zero-order valence-electron chi connectivity index (χ0n) is 10.8. The molecule has 19 heavy (non-hydrogen) atoms. The van der Waals surface area contributed by atoms with E-state index in [1.807, 2.05) is 11.5 Å². The van der Waals surface area contributed by atoms with Crippen molar-refractivity contribution in [2.45, 2.75) is 32.0 Å². The molecule has 0 bridgehead atoms. The molecule has 0 aliphatic heterocycles. The summed E-state index contributed by atoms with van der Waals surface area (Å²) in [5.41, 5.74) is 2.00. The van der Waals surface area contributed by atoms with E-state index in [0.717, 1.165) is 30.2 Å². The zero-order chi connectivity index (χ0) is 14.0. The molecule has 102 valence electrons. The zero-order valence-corrected chi connectivity index (χ0v) is 11.6. The highest BCUT2D eigenvalue weighted by Crippen LogP contribution is 2.26. The van der Waals surface area contributed by atoms with Gasteiger partial charge in [-0.1, -0.05) is 18.7 Å². The van der Waals surface area contributed by atoms with Crippen LogP contribution < -0.4 is 0 Å². The summed E-state index contributed by atoms with van der Waals surface area (Å²) in [4.78, 5) is 15.0. The van der Waals surface area contributed by atoms with Gasteiger partial charge in [-0.3, -0.25) is 4.79 Å². The first kappa shape index (κ1) is 13.9. The molecule has 4 nitrogen and oxygen atoms in total. The number of halogens is 1. The Hall–Kier alpha value is -1.56. The third-order valence-corrected chi connectivity index (χ3v) is 3.73. The molecule has 1 aromatic heterocycles. The van der Waals surface area contributed by atoms with Gasteiger partial charge < -0.3 is 9.67 Å². The molecule has 2 rings (SSSR count). The van der Waals surface area contributed by atoms with Crippen LogP contribution >= 0.6 is 11.8 Å². The molecule has 2 aromatic rings. The molecular weight excluding hydrogens is 267 g/mol. The van der Waals surface area contributed by atoms with Gasteiger partial charge in [0, 0.05) is 12.6 Å². The Morgan fingerprint density at radius 3 is 2.89 bits per heavy atom. The SMILES string of the molecule is CCCn1c(SCC(=O)O)nc2cc(F)c(C)cc21. The number of imidazole rings is 1. The number of hydrogen-bond acceptors (Lipinski definition) is 3. The molecule has 0 fully saturated rings. The monoisotopic (exact) mass is 282 g/mol. The highest BCUT2D eigenvalue weighted by atomic mass is 32.2. The molecule has 0 aliphatic carbocycles. The van der Waals surface area contributed by atoms with E-state index in [9.17, 15) is 9.18 Å². The lowest BCUT2D eigenvalue weighted by molar-refractivity contribution is -0.133. The molecule has 0 amide bonds. The number of rotatable bonds is 5. The summed E-state index contributed by atoms with van der Waals surface area (Å²) in [6.07, 6.45) is 0.905. The lowest BCUT2D eigenvalue weighted by atomic mass is 10.2. The van der Waals surface area contributed by atoms with Crippen molar-refractivity contribution in [2.24, 2.45) is 0 Å². The fourth-order valence-electron chi connectivity index (χ4n) is 1.90. The summed E-state index contributed by atoms with van der Waals surface area (Å²) in [5, 5.41) is 9.37. The number of fused-ring (bicyclic) bond motifs is 1. The number of carboxylic acids is 1. The molecule has 6 heteroatoms. The number of nitrogens with zero attached hydrogens (tertiary/aromatic N) is 2. The first-order chi connectivity index (χ1) is 9.02. The molecule has 0 radical (unpaired) electrons. The molecule has 0 saturated heterocycles. The molecule has 0 atom stereocenters. The Morgan fingerprint density at radius 1 is 1.53 bits per heavy atom. The van der Waals surface area contributed by atoms with Gasteiger partial charge in [0.05, 0.1) is 16.8 Å². The minimum Gasteiger partial charge on any atom is -0.481 e. The standard InChI is InChI=1S/C13H15FN2O2S/c1-3-4-16-11-5-8(2)9(14)6-10(11)15-13(16)19-7-12(17)18/h5-6H,3-4,7H2,1-2H3,(H,17,18). The second-order valence-electron chi connectivity index (χ2n) is 4.32. The molecule has 0 spiro atoms. The van der Waals surface area contributed by atoms with Gasteiger partial charge in [0.1, 0.15) is 5.82 Å². The van der Waals surface area contributed by atoms with Gasteiger partial charge in [-0.05, 0) is 25.0 Å². The number of aliphatic carboxylic acids is 1. The number of aromatic nitrogens is 2. The molecule has 0 saturated carbocycles. The summed E-state index contributed by atoms with van der Waals surface area (Å²) in [6.45, 7) is 4.49. The van der Waals surface area contributed by atoms with Gasteiger partial charge in [0.15, 0.2) is 5.16 Å². The lowest BCUT2D eigenvalue weighted by Gasteiger charge is -2.06. The van der Waals surface area contributed by atoms with Gasteiger partial charge >= 0.3 is 5.97 Å². The van der Waals surface area contributed by atoms with Crippen molar-refractivity contribution >= 4 is 28.8 Å². The number of hydrogen-bond donors (Lipinski definition) is 1. The van der Waals surface area contributed by atoms with E-state index < -0.39 is 5.97 Å². The molecule has 0 aliphatic rings. The van der Waals surface area contributed by atoms with E-state index in [2.05, 4.69) is 4.98 Å². The predicted molar refractivity (Wildman–Crippen MR) is 73.1 cm³/mol. The van der Waals surface area contributed by atoms with Crippen LogP contribution in [0.15, 0.2) is 17.3 Å². The fraction of sp³-hybridized carbons (Fsp3) is 0.385. The van der Waals surface area contributed by atoms with Crippen LogP contribution in [0, 0.1) is 12.7 Å². The van der Waals surface area contributed by atoms with Crippen molar-refractivity contribution in [1.82, 2.24) is 9.55 Å². The molecule has 0 unspecified atom stereocenters. The van der Waals surface area contributed by atoms with Crippen molar-refractivity contribution in [3.8, 4) is 0 Å². The lowest BCUT2D eigenvalue weighted by Crippen LogP contribution is -2.03. The summed E-state index contributed by atoms with van der Waals surface area (Å²) in [5.74, 6) is -1.22. The van der Waals surface area contributed by atoms with Crippen LogP contribution in [0.3, 0.4) is 0 Å². The molecule has 1 N–H and O–H groups in total. The number of carbonyl (C=O) groups is 1. The summed E-state index contributed by atoms with van der Waals surface area (Å²) < 4.78 is 15.5. The maximum atomic E-state index is 13.5. The van der Waals surface area contributed by atoms with Crippen molar-refractivity contribution in [1.29, 1.82) is 0 Å². The Morgan fingerprint density at radius 2 is 2.26 bits per heavy atom. The quantitative estimate of drug-likeness (QED) is 0.856. The van der Waals surface area contributed by atoms with E-state index in [4.69, 9.17) is 5.11 Å². The Balaban J connectivity index is 2.49. The largest absolute Gasteiger partial charge is 0.481 e. The number of aryl methyl sites for hydroxylation is 2. The highest BCUT2D eigenvalue weighted by Gasteiger charge is 2.14. The molecule has 1 heterocycles. The van der Waals surface area contributed by atoms with Crippen LogP contribution in [0.5, 0.6) is 0 Å². The van der Waals surface area contributed by atoms with Gasteiger partial charge in [-0.25, -0.2) is 9.37 Å². The van der Waals surface area contributed by atoms with E-state index in [1.165, 1.54) is 6.07 Å². The number of benzene rings is 1. The summed E-state index contributed by atoms with van der Waals surface area (Å²) >= 11 is 1.16. The third kappa shape index (κ3) is 2.89. The van der Waals surface area contributed by atoms with Crippen LogP contribution in [0.25, 0.3) is 11.0 Å². The average Bonchev–Trinajstić information content (AvgIpc) is 2.66. The first-order valence-corrected chi connectivity index (χ1v) is 7.02. The fourth-order valence-corrected chi connectivity index (χ4v) is 2.67. The van der Waals surface area contributed by atoms with E-state index in [1.54, 1.807) is 13.0 Å². The normalized spacial score (nSPS) is 11.1. The highest BCUT2D eigenvalue weighted by molar-refractivity contribution is 7.99. The minimum absolute atomic E-state index is 0.0471. The van der Waals surface area contributed by atoms with Crippen LogP contribution in [0.4, 0.5) is 4.39 Å². The predicted octanol–water partition coefficient (Wildman–Crippen LogP) is 3.07. The molecule has 1 aromatic carbocycles. The minimum atomic E-state index is -0.887. The first-order valence-electron chi connectivity index (χ1n) is 6.04. The van der Waals surface area contributed by atoms with Crippen LogP contribution in [-0.2, 0) is 11.3 Å². The van der Waals surface area contributed by atoms with Crippen molar-refractivity contribution < 1.29 is 14.3 Å². The van der Waals surface area contributed by atoms with Gasteiger partial charge in [0.25, 0.3) is 0 Å². The van der Waals surface area contributed by atoms with Crippen molar-refractivity contribution in [3.05, 3.63) is 23.5 Å². The van der Waals surface area contributed by atoms with Crippen LogP contribution in [0.1, 0.15) is 18.9 Å². The van der Waals surface area contributed by atoms with E-state index in [0.29, 0.717) is 16.2 Å². The van der Waals surface area contributed by atoms with E-state index >= 15 is 0 Å². The third-order valence-electron chi connectivity index (χ3n) is 2.77. The Labute approximate surface area is 114 Å². The van der Waals surface area contributed by atoms with Crippen LogP contribution in [-0.4, -0.2) is 26.4 Å². The average molecular weight is 282 g/mol. The van der Waals surface area contributed by atoms with Crippen molar-refractivity contribution in [2.75, 3.05) is 5.75 Å². The van der Waals surface area contributed by atoms with Crippen LogP contribution in [0.2, 0.25) is 0 Å². The number of thioether (sulfide) groups is 1. The van der Waals surface area contributed by atoms with Crippen molar-refractivity contribution in [3.63, 3.8) is 0 Å². The van der Waals surface area contributed by atoms with E-state index in [-0.39, 0.29) is 11.6 Å². The topological polar surface area (TPSA) is 55.1 Å². The second kappa shape index (κ2) is 5.61. The number of carboxylic acid groups (broad SMARTS) is 1.